The van der Waals surface area contributed by atoms with Crippen LogP contribution in [0.15, 0.2) is 18.3 Å². The van der Waals surface area contributed by atoms with Gasteiger partial charge in [-0.15, -0.1) is 0 Å². The predicted molar refractivity (Wildman–Crippen MR) is 77.4 cm³/mol. The lowest BCUT2D eigenvalue weighted by Gasteiger charge is -2.26. The molecule has 5 heteroatoms. The molecule has 0 bridgehead atoms. The van der Waals surface area contributed by atoms with Gasteiger partial charge in [0.2, 0.25) is 5.91 Å². The predicted octanol–water partition coefficient (Wildman–Crippen LogP) is 1.48. The van der Waals surface area contributed by atoms with Crippen molar-refractivity contribution in [2.45, 2.75) is 19.8 Å². The van der Waals surface area contributed by atoms with Gasteiger partial charge >= 0.3 is 0 Å². The lowest BCUT2D eigenvalue weighted by atomic mass is 9.83. The minimum absolute atomic E-state index is 0.0936. The smallest absolute Gasteiger partial charge is 0.232 e. The van der Waals surface area contributed by atoms with Crippen molar-refractivity contribution in [3.63, 3.8) is 0 Å². The zero-order chi connectivity index (χ0) is 13.9. The number of carbonyl (C=O) groups is 1. The van der Waals surface area contributed by atoms with Crippen LogP contribution < -0.4 is 15.5 Å². The summed E-state index contributed by atoms with van der Waals surface area (Å²) in [5.41, 5.74) is 0.497. The molecule has 19 heavy (non-hydrogen) atoms. The Labute approximate surface area is 114 Å². The molecule has 0 spiro atoms. The zero-order valence-corrected chi connectivity index (χ0v) is 11.9. The Morgan fingerprint density at radius 1 is 1.58 bits per heavy atom. The lowest BCUT2D eigenvalue weighted by Crippen LogP contribution is -2.38. The van der Waals surface area contributed by atoms with Crippen LogP contribution in [0.5, 0.6) is 0 Å². The quantitative estimate of drug-likeness (QED) is 0.863. The number of pyridine rings is 1. The second-order valence-corrected chi connectivity index (χ2v) is 5.28. The number of carbonyl (C=O) groups excluding carboxylic acids is 1. The third-order valence-corrected chi connectivity index (χ3v) is 3.86. The maximum atomic E-state index is 12.5. The second-order valence-electron chi connectivity index (χ2n) is 5.28. The first-order chi connectivity index (χ1) is 9.09. The molecule has 1 amide bonds. The van der Waals surface area contributed by atoms with Crippen molar-refractivity contribution in [3.8, 4) is 0 Å². The van der Waals surface area contributed by atoms with Gasteiger partial charge in [-0.2, -0.15) is 0 Å². The number of hydrogen-bond donors (Lipinski definition) is 2. The van der Waals surface area contributed by atoms with Gasteiger partial charge in [0.15, 0.2) is 5.82 Å². The van der Waals surface area contributed by atoms with Crippen LogP contribution in [0, 0.1) is 5.41 Å². The molecule has 1 aromatic rings. The summed E-state index contributed by atoms with van der Waals surface area (Å²) in [6, 6.07) is 3.74. The molecule has 104 valence electrons. The Bertz CT molecular complexity index is 453. The van der Waals surface area contributed by atoms with Crippen molar-refractivity contribution in [1.82, 2.24) is 10.3 Å². The van der Waals surface area contributed by atoms with E-state index in [1.54, 1.807) is 6.20 Å². The van der Waals surface area contributed by atoms with Crippen LogP contribution in [0.3, 0.4) is 0 Å². The first kappa shape index (κ1) is 13.8. The number of nitrogens with zero attached hydrogens (tertiary/aromatic N) is 2. The first-order valence-corrected chi connectivity index (χ1v) is 6.73. The van der Waals surface area contributed by atoms with Gasteiger partial charge in [-0.25, -0.2) is 4.98 Å². The third kappa shape index (κ3) is 2.71. The van der Waals surface area contributed by atoms with Crippen LogP contribution >= 0.6 is 0 Å². The SMILES string of the molecule is CCC1(C(=O)Nc2cccnc2N(C)C)CCNC1. The summed E-state index contributed by atoms with van der Waals surface area (Å²) in [7, 11) is 3.84. The number of aromatic nitrogens is 1. The van der Waals surface area contributed by atoms with Crippen molar-refractivity contribution >= 4 is 17.4 Å². The van der Waals surface area contributed by atoms with Gasteiger partial charge in [-0.1, -0.05) is 6.92 Å². The zero-order valence-electron chi connectivity index (χ0n) is 11.9. The number of nitrogens with one attached hydrogen (secondary N) is 2. The molecule has 2 N–H and O–H groups in total. The normalized spacial score (nSPS) is 22.3. The lowest BCUT2D eigenvalue weighted by molar-refractivity contribution is -0.124. The van der Waals surface area contributed by atoms with Crippen molar-refractivity contribution in [2.75, 3.05) is 37.4 Å². The van der Waals surface area contributed by atoms with Gasteiger partial charge in [-0.05, 0) is 31.5 Å². The average molecular weight is 262 g/mol. The molecular weight excluding hydrogens is 240 g/mol. The molecule has 0 radical (unpaired) electrons. The topological polar surface area (TPSA) is 57.3 Å². The maximum Gasteiger partial charge on any atom is 0.232 e. The van der Waals surface area contributed by atoms with Crippen molar-refractivity contribution < 1.29 is 4.79 Å². The third-order valence-electron chi connectivity index (χ3n) is 3.86. The molecule has 2 rings (SSSR count). The first-order valence-electron chi connectivity index (χ1n) is 6.73. The molecule has 1 unspecified atom stereocenters. The molecule has 0 saturated carbocycles. The molecule has 1 aliphatic rings. The Kier molecular flexibility index (Phi) is 4.04. The Morgan fingerprint density at radius 2 is 2.37 bits per heavy atom. The van der Waals surface area contributed by atoms with Crippen LogP contribution in [0.1, 0.15) is 19.8 Å². The second kappa shape index (κ2) is 5.57. The van der Waals surface area contributed by atoms with Crippen molar-refractivity contribution in [2.24, 2.45) is 5.41 Å². The van der Waals surface area contributed by atoms with Crippen LogP contribution in [0.4, 0.5) is 11.5 Å². The molecule has 1 atom stereocenters. The molecule has 2 heterocycles. The summed E-state index contributed by atoms with van der Waals surface area (Å²) in [4.78, 5) is 18.8. The minimum Gasteiger partial charge on any atom is -0.361 e. The fourth-order valence-electron chi connectivity index (χ4n) is 2.51. The summed E-state index contributed by atoms with van der Waals surface area (Å²) in [6.07, 6.45) is 3.48. The highest BCUT2D eigenvalue weighted by atomic mass is 16.2. The van der Waals surface area contributed by atoms with Crippen molar-refractivity contribution in [3.05, 3.63) is 18.3 Å². The number of anilines is 2. The highest BCUT2D eigenvalue weighted by Crippen LogP contribution is 2.32. The monoisotopic (exact) mass is 262 g/mol. The van der Waals surface area contributed by atoms with E-state index in [1.165, 1.54) is 0 Å². The number of hydrogen-bond acceptors (Lipinski definition) is 4. The fraction of sp³-hybridized carbons (Fsp3) is 0.571. The highest BCUT2D eigenvalue weighted by molar-refractivity contribution is 5.97. The molecule has 1 aliphatic heterocycles. The molecule has 1 aromatic heterocycles. The Balaban J connectivity index is 2.19. The van der Waals surface area contributed by atoms with E-state index in [0.717, 1.165) is 37.4 Å². The highest BCUT2D eigenvalue weighted by Gasteiger charge is 2.39. The summed E-state index contributed by atoms with van der Waals surface area (Å²) in [5.74, 6) is 0.879. The van der Waals surface area contributed by atoms with Gasteiger partial charge in [0, 0.05) is 26.8 Å². The van der Waals surface area contributed by atoms with Gasteiger partial charge in [0.25, 0.3) is 0 Å². The van der Waals surface area contributed by atoms with E-state index >= 15 is 0 Å². The number of amides is 1. The van der Waals surface area contributed by atoms with E-state index in [9.17, 15) is 4.79 Å². The maximum absolute atomic E-state index is 12.5. The number of rotatable bonds is 4. The van der Waals surface area contributed by atoms with Gasteiger partial charge < -0.3 is 15.5 Å². The minimum atomic E-state index is -0.278. The van der Waals surface area contributed by atoms with Crippen LogP contribution in [-0.4, -0.2) is 38.1 Å². The fourth-order valence-corrected chi connectivity index (χ4v) is 2.51. The van der Waals surface area contributed by atoms with E-state index in [2.05, 4.69) is 22.5 Å². The molecule has 1 saturated heterocycles. The van der Waals surface area contributed by atoms with E-state index in [1.807, 2.05) is 31.1 Å². The van der Waals surface area contributed by atoms with Crippen LogP contribution in [0.25, 0.3) is 0 Å². The van der Waals surface area contributed by atoms with Crippen LogP contribution in [-0.2, 0) is 4.79 Å². The molecule has 0 aromatic carbocycles. The van der Waals surface area contributed by atoms with Crippen LogP contribution in [0.2, 0.25) is 0 Å². The van der Waals surface area contributed by atoms with Gasteiger partial charge in [0.1, 0.15) is 0 Å². The summed E-state index contributed by atoms with van der Waals surface area (Å²) in [6.45, 7) is 3.74. The van der Waals surface area contributed by atoms with E-state index < -0.39 is 0 Å². The Morgan fingerprint density at radius 3 is 2.95 bits per heavy atom. The molecular formula is C14H22N4O. The molecule has 0 aliphatic carbocycles. The standard InChI is InChI=1S/C14H22N4O/c1-4-14(7-9-15-10-14)13(19)17-11-6-5-8-16-12(11)18(2)3/h5-6,8,15H,4,7,9-10H2,1-3H3,(H,17,19). The van der Waals surface area contributed by atoms with E-state index in [4.69, 9.17) is 0 Å². The largest absolute Gasteiger partial charge is 0.361 e. The summed E-state index contributed by atoms with van der Waals surface area (Å²) in [5, 5.41) is 6.32. The van der Waals surface area contributed by atoms with Crippen molar-refractivity contribution in [1.29, 1.82) is 0 Å². The van der Waals surface area contributed by atoms with E-state index in [-0.39, 0.29) is 11.3 Å². The Hall–Kier alpha value is -1.62. The summed E-state index contributed by atoms with van der Waals surface area (Å²) < 4.78 is 0. The molecule has 1 fully saturated rings. The van der Waals surface area contributed by atoms with E-state index in [0.29, 0.717) is 0 Å². The van der Waals surface area contributed by atoms with Gasteiger partial charge in [-0.3, -0.25) is 4.79 Å². The summed E-state index contributed by atoms with van der Waals surface area (Å²) >= 11 is 0. The average Bonchev–Trinajstić information content (AvgIpc) is 2.89. The van der Waals surface area contributed by atoms with Gasteiger partial charge in [0.05, 0.1) is 11.1 Å². The molecule has 5 nitrogen and oxygen atoms in total.